The van der Waals surface area contributed by atoms with Crippen LogP contribution in [0.5, 0.6) is 0 Å². The number of rotatable bonds is 5. The first-order valence-electron chi connectivity index (χ1n) is 7.62. The Morgan fingerprint density at radius 2 is 2.00 bits per heavy atom. The first-order chi connectivity index (χ1) is 10.4. The van der Waals surface area contributed by atoms with Crippen LogP contribution < -0.4 is 0 Å². The zero-order chi connectivity index (χ0) is 16.0. The summed E-state index contributed by atoms with van der Waals surface area (Å²) in [4.78, 5) is 2.01. The lowest BCUT2D eigenvalue weighted by Crippen LogP contribution is -2.28. The maximum absolute atomic E-state index is 11.3. The van der Waals surface area contributed by atoms with E-state index in [-0.39, 0.29) is 29.6 Å². The lowest BCUT2D eigenvalue weighted by molar-refractivity contribution is 0.111. The van der Waals surface area contributed by atoms with E-state index in [0.29, 0.717) is 19.6 Å². The third-order valence-corrected chi connectivity index (χ3v) is 6.17. The van der Waals surface area contributed by atoms with Gasteiger partial charge >= 0.3 is 0 Å². The van der Waals surface area contributed by atoms with Gasteiger partial charge in [0.1, 0.15) is 9.84 Å². The Morgan fingerprint density at radius 1 is 1.32 bits per heavy atom. The molecule has 0 unspecified atom stereocenters. The van der Waals surface area contributed by atoms with E-state index in [1.165, 1.54) is 6.26 Å². The van der Waals surface area contributed by atoms with Crippen molar-refractivity contribution in [3.63, 3.8) is 0 Å². The molecule has 4 atom stereocenters. The quantitative estimate of drug-likeness (QED) is 0.803. The Morgan fingerprint density at radius 3 is 2.59 bits per heavy atom. The molecule has 3 rings (SSSR count). The lowest BCUT2D eigenvalue weighted by atomic mass is 9.95. The average Bonchev–Trinajstić information content (AvgIpc) is 3.01. The number of hydrogen-bond donors (Lipinski definition) is 2. The summed E-state index contributed by atoms with van der Waals surface area (Å²) in [5, 5.41) is 20.3. The molecule has 1 aliphatic carbocycles. The number of sulfone groups is 1. The SMILES string of the molecule is CS(=O)(=O)CCN1C[C@@H](O)[C@@]2(C1)[C@H](CO)[C@H]2c1ccccc1. The number of benzene rings is 1. The minimum Gasteiger partial charge on any atom is -0.396 e. The Kier molecular flexibility index (Phi) is 4.05. The fraction of sp³-hybridized carbons (Fsp3) is 0.625. The Hall–Kier alpha value is -0.950. The molecule has 1 spiro atoms. The molecule has 0 bridgehead atoms. The predicted molar refractivity (Wildman–Crippen MR) is 84.3 cm³/mol. The van der Waals surface area contributed by atoms with Gasteiger partial charge in [-0.3, -0.25) is 4.90 Å². The monoisotopic (exact) mass is 325 g/mol. The molecule has 1 saturated carbocycles. The van der Waals surface area contributed by atoms with Crippen LogP contribution in [0.3, 0.4) is 0 Å². The number of likely N-dealkylation sites (tertiary alicyclic amines) is 1. The molecule has 22 heavy (non-hydrogen) atoms. The van der Waals surface area contributed by atoms with Crippen LogP contribution in [0.15, 0.2) is 30.3 Å². The highest BCUT2D eigenvalue weighted by molar-refractivity contribution is 7.90. The lowest BCUT2D eigenvalue weighted by Gasteiger charge is -2.16. The second kappa shape index (κ2) is 5.60. The molecular formula is C16H23NO4S. The van der Waals surface area contributed by atoms with Gasteiger partial charge in [-0.15, -0.1) is 0 Å². The molecule has 6 heteroatoms. The fourth-order valence-electron chi connectivity index (χ4n) is 4.13. The highest BCUT2D eigenvalue weighted by Crippen LogP contribution is 2.68. The molecule has 2 N–H and O–H groups in total. The molecule has 2 aliphatic rings. The summed E-state index contributed by atoms with van der Waals surface area (Å²) in [5.74, 6) is 0.306. The largest absolute Gasteiger partial charge is 0.396 e. The van der Waals surface area contributed by atoms with E-state index in [1.54, 1.807) is 0 Å². The summed E-state index contributed by atoms with van der Waals surface area (Å²) in [6, 6.07) is 9.97. The van der Waals surface area contributed by atoms with Crippen LogP contribution in [0.4, 0.5) is 0 Å². The standard InChI is InChI=1S/C16H23NO4S/c1-22(20,21)8-7-17-9-14(19)16(11-17)13(10-18)15(16)12-5-3-2-4-6-12/h2-6,13-15,18-19H,7-11H2,1H3/t13-,14-,15-,16-/m1/s1. The van der Waals surface area contributed by atoms with Crippen LogP contribution >= 0.6 is 0 Å². The average molecular weight is 325 g/mol. The van der Waals surface area contributed by atoms with Gasteiger partial charge in [0, 0.05) is 37.9 Å². The third kappa shape index (κ3) is 2.69. The molecule has 1 aromatic carbocycles. The van der Waals surface area contributed by atoms with Crippen molar-refractivity contribution >= 4 is 9.84 Å². The minimum absolute atomic E-state index is 0.0492. The molecule has 1 saturated heterocycles. The second-order valence-corrected chi connectivity index (χ2v) is 8.93. The van der Waals surface area contributed by atoms with Crippen LogP contribution in [-0.2, 0) is 9.84 Å². The van der Waals surface area contributed by atoms with Crippen molar-refractivity contribution in [3.05, 3.63) is 35.9 Å². The minimum atomic E-state index is -3.00. The molecule has 1 aromatic rings. The van der Waals surface area contributed by atoms with Crippen molar-refractivity contribution in [2.24, 2.45) is 11.3 Å². The number of β-amino-alcohol motifs (C(OH)–C–C–N with tert-alkyl or cyclic N) is 1. The number of hydrogen-bond acceptors (Lipinski definition) is 5. The molecule has 0 radical (unpaired) electrons. The molecule has 122 valence electrons. The Labute approximate surface area is 131 Å². The van der Waals surface area contributed by atoms with Crippen molar-refractivity contribution in [1.29, 1.82) is 0 Å². The topological polar surface area (TPSA) is 77.8 Å². The van der Waals surface area contributed by atoms with Gasteiger partial charge in [0.15, 0.2) is 0 Å². The zero-order valence-electron chi connectivity index (χ0n) is 12.7. The maximum Gasteiger partial charge on any atom is 0.148 e. The number of aliphatic hydroxyl groups excluding tert-OH is 2. The second-order valence-electron chi connectivity index (χ2n) is 6.67. The van der Waals surface area contributed by atoms with Gasteiger partial charge < -0.3 is 10.2 Å². The number of nitrogens with zero attached hydrogens (tertiary/aromatic N) is 1. The summed E-state index contributed by atoms with van der Waals surface area (Å²) in [7, 11) is -3.00. The normalized spacial score (nSPS) is 35.1. The molecule has 0 aromatic heterocycles. The first kappa shape index (κ1) is 15.9. The summed E-state index contributed by atoms with van der Waals surface area (Å²) in [6.07, 6.45) is 0.713. The summed E-state index contributed by atoms with van der Waals surface area (Å²) in [5.41, 5.74) is 0.818. The van der Waals surface area contributed by atoms with Crippen LogP contribution in [0.25, 0.3) is 0 Å². The summed E-state index contributed by atoms with van der Waals surface area (Å²) < 4.78 is 22.6. The van der Waals surface area contributed by atoms with E-state index in [0.717, 1.165) is 5.56 Å². The van der Waals surface area contributed by atoms with Crippen LogP contribution in [0, 0.1) is 11.3 Å². The molecule has 0 amide bonds. The Balaban J connectivity index is 1.76. The van der Waals surface area contributed by atoms with Gasteiger partial charge in [-0.25, -0.2) is 8.42 Å². The smallest absolute Gasteiger partial charge is 0.148 e. The van der Waals surface area contributed by atoms with Crippen molar-refractivity contribution in [2.75, 3.05) is 38.2 Å². The van der Waals surface area contributed by atoms with E-state index < -0.39 is 15.9 Å². The van der Waals surface area contributed by atoms with Crippen LogP contribution in [-0.4, -0.2) is 67.9 Å². The molecule has 1 aliphatic heterocycles. The van der Waals surface area contributed by atoms with E-state index in [2.05, 4.69) is 0 Å². The highest BCUT2D eigenvalue weighted by atomic mass is 32.2. The van der Waals surface area contributed by atoms with Gasteiger partial charge in [-0.1, -0.05) is 30.3 Å². The van der Waals surface area contributed by atoms with Crippen molar-refractivity contribution in [1.82, 2.24) is 4.90 Å². The summed E-state index contributed by atoms with van der Waals surface area (Å²) in [6.45, 7) is 1.62. The van der Waals surface area contributed by atoms with E-state index >= 15 is 0 Å². The van der Waals surface area contributed by atoms with Crippen molar-refractivity contribution in [3.8, 4) is 0 Å². The predicted octanol–water partition coefficient (Wildman–Crippen LogP) is 0.0998. The van der Waals surface area contributed by atoms with Crippen LogP contribution in [0.1, 0.15) is 11.5 Å². The van der Waals surface area contributed by atoms with Crippen LogP contribution in [0.2, 0.25) is 0 Å². The summed E-state index contributed by atoms with van der Waals surface area (Å²) >= 11 is 0. The van der Waals surface area contributed by atoms with E-state index in [4.69, 9.17) is 0 Å². The van der Waals surface area contributed by atoms with Gasteiger partial charge in [-0.05, 0) is 17.4 Å². The molecule has 1 heterocycles. The van der Waals surface area contributed by atoms with E-state index in [1.807, 2.05) is 35.2 Å². The van der Waals surface area contributed by atoms with Gasteiger partial charge in [0.2, 0.25) is 0 Å². The zero-order valence-corrected chi connectivity index (χ0v) is 13.5. The van der Waals surface area contributed by atoms with Gasteiger partial charge in [0.25, 0.3) is 0 Å². The molecular weight excluding hydrogens is 302 g/mol. The van der Waals surface area contributed by atoms with Crippen molar-refractivity contribution in [2.45, 2.75) is 12.0 Å². The van der Waals surface area contributed by atoms with E-state index in [9.17, 15) is 18.6 Å². The van der Waals surface area contributed by atoms with Gasteiger partial charge in [-0.2, -0.15) is 0 Å². The van der Waals surface area contributed by atoms with Gasteiger partial charge in [0.05, 0.1) is 11.9 Å². The highest BCUT2D eigenvalue weighted by Gasteiger charge is 2.70. The fourth-order valence-corrected chi connectivity index (χ4v) is 4.72. The third-order valence-electron chi connectivity index (χ3n) is 5.25. The number of aliphatic hydroxyl groups is 2. The first-order valence-corrected chi connectivity index (χ1v) is 9.68. The molecule has 5 nitrogen and oxygen atoms in total. The Bertz CT molecular complexity index is 633. The van der Waals surface area contributed by atoms with Crippen molar-refractivity contribution < 1.29 is 18.6 Å². The maximum atomic E-state index is 11.3. The molecule has 2 fully saturated rings.